The van der Waals surface area contributed by atoms with E-state index in [-0.39, 0.29) is 0 Å². The average molecular weight is 226 g/mol. The van der Waals surface area contributed by atoms with Crippen molar-refractivity contribution in [2.45, 2.75) is 44.4 Å². The number of fused-ring (bicyclic) bond motifs is 1. The van der Waals surface area contributed by atoms with Crippen LogP contribution < -0.4 is 0 Å². The van der Waals surface area contributed by atoms with Gasteiger partial charge in [0.15, 0.2) is 0 Å². The second-order valence-corrected chi connectivity index (χ2v) is 5.43. The van der Waals surface area contributed by atoms with E-state index in [0.717, 1.165) is 19.3 Å². The van der Waals surface area contributed by atoms with E-state index in [4.69, 9.17) is 0 Å². The Kier molecular flexibility index (Phi) is 2.62. The van der Waals surface area contributed by atoms with Crippen LogP contribution in [0.1, 0.15) is 48.3 Å². The van der Waals surface area contributed by atoms with E-state index in [1.165, 1.54) is 35.1 Å². The molecule has 1 aromatic rings. The maximum Gasteiger partial charge on any atom is 0.137 e. The van der Waals surface area contributed by atoms with Crippen molar-refractivity contribution in [2.24, 2.45) is 0 Å². The average Bonchev–Trinajstić information content (AvgIpc) is 2.75. The zero-order valence-electron chi connectivity index (χ0n) is 10.2. The van der Waals surface area contributed by atoms with Gasteiger partial charge in [0.2, 0.25) is 0 Å². The molecule has 0 aliphatic heterocycles. The molecule has 0 spiro atoms. The van der Waals surface area contributed by atoms with Crippen LogP contribution in [0.2, 0.25) is 0 Å². The Labute approximate surface area is 103 Å². The zero-order valence-corrected chi connectivity index (χ0v) is 10.2. The molecular formula is C16H18O. The minimum absolute atomic E-state index is 0.388. The molecule has 0 saturated heterocycles. The summed E-state index contributed by atoms with van der Waals surface area (Å²) in [5.74, 6) is 1.06. The number of allylic oxidation sites excluding steroid dienone is 1. The molecule has 1 aromatic carbocycles. The summed E-state index contributed by atoms with van der Waals surface area (Å²) in [4.78, 5) is 11.4. The normalized spacial score (nSPS) is 23.9. The topological polar surface area (TPSA) is 17.1 Å². The molecule has 88 valence electrons. The highest BCUT2D eigenvalue weighted by molar-refractivity contribution is 5.83. The number of ketones is 1. The molecule has 1 unspecified atom stereocenters. The van der Waals surface area contributed by atoms with E-state index in [1.807, 2.05) is 0 Å². The molecule has 0 N–H and O–H groups in total. The first-order valence-corrected chi connectivity index (χ1v) is 6.52. The molecule has 1 fully saturated rings. The van der Waals surface area contributed by atoms with Crippen molar-refractivity contribution in [2.75, 3.05) is 0 Å². The Morgan fingerprint density at radius 3 is 2.76 bits per heavy atom. The molecule has 3 rings (SSSR count). The van der Waals surface area contributed by atoms with Crippen molar-refractivity contribution < 1.29 is 4.79 Å². The van der Waals surface area contributed by atoms with Crippen LogP contribution in [0.3, 0.4) is 0 Å². The molecule has 1 heteroatoms. The summed E-state index contributed by atoms with van der Waals surface area (Å²) < 4.78 is 0. The van der Waals surface area contributed by atoms with Gasteiger partial charge < -0.3 is 0 Å². The van der Waals surface area contributed by atoms with Gasteiger partial charge in [0.25, 0.3) is 0 Å². The Hall–Kier alpha value is -1.37. The first kappa shape index (κ1) is 10.8. The molecule has 1 atom stereocenters. The highest BCUT2D eigenvalue weighted by Crippen LogP contribution is 2.38. The summed E-state index contributed by atoms with van der Waals surface area (Å²) in [6.45, 7) is 4.08. The third kappa shape index (κ3) is 2.06. The van der Waals surface area contributed by atoms with Gasteiger partial charge in [0.05, 0.1) is 0 Å². The predicted molar refractivity (Wildman–Crippen MR) is 69.2 cm³/mol. The van der Waals surface area contributed by atoms with Gasteiger partial charge in [-0.3, -0.25) is 4.79 Å². The number of hydrogen-bond donors (Lipinski definition) is 0. The van der Waals surface area contributed by atoms with Gasteiger partial charge in [0.1, 0.15) is 5.78 Å². The largest absolute Gasteiger partial charge is 0.299 e. The molecule has 1 nitrogen and oxygen atoms in total. The van der Waals surface area contributed by atoms with E-state index in [9.17, 15) is 4.79 Å². The van der Waals surface area contributed by atoms with Gasteiger partial charge in [-0.1, -0.05) is 30.4 Å². The lowest BCUT2D eigenvalue weighted by molar-refractivity contribution is -0.118. The maximum absolute atomic E-state index is 11.4. The maximum atomic E-state index is 11.4. The molecule has 0 radical (unpaired) electrons. The number of aryl methyl sites for hydroxylation is 1. The summed E-state index contributed by atoms with van der Waals surface area (Å²) >= 11 is 0. The van der Waals surface area contributed by atoms with E-state index < -0.39 is 0 Å². The fourth-order valence-electron chi connectivity index (χ4n) is 3.10. The lowest BCUT2D eigenvalue weighted by Crippen LogP contribution is -2.13. The third-order valence-corrected chi connectivity index (χ3v) is 4.14. The van der Waals surface area contributed by atoms with Gasteiger partial charge in [-0.05, 0) is 48.3 Å². The molecule has 17 heavy (non-hydrogen) atoms. The van der Waals surface area contributed by atoms with Crippen molar-refractivity contribution >= 4 is 5.78 Å². The highest BCUT2D eigenvalue weighted by atomic mass is 16.1. The van der Waals surface area contributed by atoms with E-state index in [2.05, 4.69) is 24.8 Å². The summed E-state index contributed by atoms with van der Waals surface area (Å²) in [5.41, 5.74) is 5.50. The van der Waals surface area contributed by atoms with Crippen LogP contribution in [0.25, 0.3) is 0 Å². The van der Waals surface area contributed by atoms with Crippen LogP contribution in [-0.4, -0.2) is 5.78 Å². The number of carbonyl (C=O) groups is 1. The molecule has 2 aliphatic carbocycles. The van der Waals surface area contributed by atoms with Crippen molar-refractivity contribution in [1.29, 1.82) is 0 Å². The van der Waals surface area contributed by atoms with Crippen molar-refractivity contribution in [3.63, 3.8) is 0 Å². The smallest absolute Gasteiger partial charge is 0.137 e. The van der Waals surface area contributed by atoms with Gasteiger partial charge in [-0.15, -0.1) is 0 Å². The SMILES string of the molecule is C=C1CCC(c2ccc3c(c2)CCC(=O)C3)C1. The molecule has 0 amide bonds. The highest BCUT2D eigenvalue weighted by Gasteiger charge is 2.22. The monoisotopic (exact) mass is 226 g/mol. The first-order chi connectivity index (χ1) is 8.22. The first-order valence-electron chi connectivity index (χ1n) is 6.52. The van der Waals surface area contributed by atoms with Gasteiger partial charge in [-0.2, -0.15) is 0 Å². The number of benzene rings is 1. The van der Waals surface area contributed by atoms with Gasteiger partial charge in [0, 0.05) is 12.8 Å². The molecule has 0 bridgehead atoms. The summed E-state index contributed by atoms with van der Waals surface area (Å²) in [6, 6.07) is 6.73. The Balaban J connectivity index is 1.88. The molecule has 0 heterocycles. The molecule has 2 aliphatic rings. The zero-order chi connectivity index (χ0) is 11.8. The Morgan fingerprint density at radius 2 is 2.00 bits per heavy atom. The van der Waals surface area contributed by atoms with E-state index in [1.54, 1.807) is 0 Å². The lowest BCUT2D eigenvalue weighted by atomic mass is 9.86. The molecule has 0 aromatic heterocycles. The van der Waals surface area contributed by atoms with Crippen molar-refractivity contribution in [1.82, 2.24) is 0 Å². The Bertz CT molecular complexity index is 484. The number of carbonyl (C=O) groups excluding carboxylic acids is 1. The van der Waals surface area contributed by atoms with E-state index in [0.29, 0.717) is 18.1 Å². The lowest BCUT2D eigenvalue weighted by Gasteiger charge is -2.18. The standard InChI is InChI=1S/C16H18O/c1-11-2-3-12(8-11)13-4-5-15-10-16(17)7-6-14(15)9-13/h4-5,9,12H,1-3,6-8,10H2. The van der Waals surface area contributed by atoms with Crippen LogP contribution in [0.5, 0.6) is 0 Å². The number of Topliss-reactive ketones (excluding diaryl/α,β-unsaturated/α-hetero) is 1. The summed E-state index contributed by atoms with van der Waals surface area (Å²) in [5, 5.41) is 0. The third-order valence-electron chi connectivity index (χ3n) is 4.14. The van der Waals surface area contributed by atoms with Crippen molar-refractivity contribution in [3.8, 4) is 0 Å². The fourth-order valence-corrected chi connectivity index (χ4v) is 3.10. The van der Waals surface area contributed by atoms with Gasteiger partial charge in [-0.25, -0.2) is 0 Å². The summed E-state index contributed by atoms with van der Waals surface area (Å²) in [6.07, 6.45) is 5.89. The second-order valence-electron chi connectivity index (χ2n) is 5.43. The van der Waals surface area contributed by atoms with Crippen LogP contribution in [0, 0.1) is 0 Å². The van der Waals surface area contributed by atoms with Crippen LogP contribution in [-0.2, 0) is 17.6 Å². The minimum Gasteiger partial charge on any atom is -0.299 e. The predicted octanol–water partition coefficient (Wildman–Crippen LogP) is 3.57. The van der Waals surface area contributed by atoms with Crippen LogP contribution in [0.15, 0.2) is 30.4 Å². The Morgan fingerprint density at radius 1 is 1.12 bits per heavy atom. The molecular weight excluding hydrogens is 208 g/mol. The summed E-state index contributed by atoms with van der Waals surface area (Å²) in [7, 11) is 0. The minimum atomic E-state index is 0.388. The number of rotatable bonds is 1. The molecule has 1 saturated carbocycles. The van der Waals surface area contributed by atoms with Crippen LogP contribution >= 0.6 is 0 Å². The quantitative estimate of drug-likeness (QED) is 0.669. The van der Waals surface area contributed by atoms with Crippen molar-refractivity contribution in [3.05, 3.63) is 47.0 Å². The number of hydrogen-bond acceptors (Lipinski definition) is 1. The van der Waals surface area contributed by atoms with Gasteiger partial charge >= 0.3 is 0 Å². The fraction of sp³-hybridized carbons (Fsp3) is 0.438. The second kappa shape index (κ2) is 4.14. The van der Waals surface area contributed by atoms with E-state index >= 15 is 0 Å². The van der Waals surface area contributed by atoms with Crippen LogP contribution in [0.4, 0.5) is 0 Å².